The summed E-state index contributed by atoms with van der Waals surface area (Å²) in [5.41, 5.74) is 0. The number of ether oxygens (including phenoxy) is 1. The Morgan fingerprint density at radius 1 is 0.422 bits per heavy atom. The lowest BCUT2D eigenvalue weighted by Crippen LogP contribution is -2.45. The summed E-state index contributed by atoms with van der Waals surface area (Å²) in [7, 11) is 0. The zero-order chi connectivity index (χ0) is 46.5. The summed E-state index contributed by atoms with van der Waals surface area (Å²) in [6.07, 6.45) is 64.5. The maximum absolute atomic E-state index is 12.5. The third kappa shape index (κ3) is 49.8. The lowest BCUT2D eigenvalue weighted by atomic mass is 10.0. The third-order valence-corrected chi connectivity index (χ3v) is 13.2. The van der Waals surface area contributed by atoms with Crippen molar-refractivity contribution >= 4 is 11.9 Å². The molecule has 3 N–H and O–H groups in total. The number of carbonyl (C=O) groups excluding carboxylic acids is 2. The average Bonchev–Trinajstić information content (AvgIpc) is 3.29. The smallest absolute Gasteiger partial charge is 0.305 e. The standard InChI is InChI=1S/C58H111NO5/c1-3-5-7-9-11-13-15-17-19-21-23-25-27-29-31-36-40-44-48-52-58(63)64-53-49-45-41-37-33-32-35-39-43-47-51-57(62)59-55(54-60)56(61)50-46-42-38-34-30-28-26-24-22-20-18-16-14-12-10-8-6-4-2/h17,19,33,37,55-56,60-61H,3-16,18,20-32,34-36,38-54H2,1-2H3,(H,59,62)/b19-17-,37-33-. The number of esters is 1. The van der Waals surface area contributed by atoms with Gasteiger partial charge in [-0.3, -0.25) is 9.59 Å². The molecule has 378 valence electrons. The third-order valence-electron chi connectivity index (χ3n) is 13.2. The van der Waals surface area contributed by atoms with E-state index >= 15 is 0 Å². The number of aliphatic hydroxyl groups excluding tert-OH is 2. The zero-order valence-corrected chi connectivity index (χ0v) is 43.0. The SMILES string of the molecule is CCCCCCCC/C=C\CCCCCCCCCCCC(=O)OCCCC/C=C\CCCCCCC(=O)NC(CO)C(O)CCCCCCCCCCCCCCCCCCCC. The Morgan fingerprint density at radius 2 is 0.734 bits per heavy atom. The largest absolute Gasteiger partial charge is 0.466 e. The summed E-state index contributed by atoms with van der Waals surface area (Å²) < 4.78 is 5.45. The van der Waals surface area contributed by atoms with Crippen molar-refractivity contribution in [2.24, 2.45) is 0 Å². The van der Waals surface area contributed by atoms with E-state index in [-0.39, 0.29) is 18.5 Å². The summed E-state index contributed by atoms with van der Waals surface area (Å²) in [5, 5.41) is 23.3. The van der Waals surface area contributed by atoms with Gasteiger partial charge in [0.1, 0.15) is 0 Å². The van der Waals surface area contributed by atoms with Gasteiger partial charge in [0.25, 0.3) is 0 Å². The fraction of sp³-hybridized carbons (Fsp3) is 0.897. The van der Waals surface area contributed by atoms with Crippen molar-refractivity contribution in [3.8, 4) is 0 Å². The van der Waals surface area contributed by atoms with Crippen LogP contribution in [0.15, 0.2) is 24.3 Å². The van der Waals surface area contributed by atoms with Crippen molar-refractivity contribution < 1.29 is 24.5 Å². The Hall–Kier alpha value is -1.66. The first-order chi connectivity index (χ1) is 31.5. The second-order valence-electron chi connectivity index (χ2n) is 19.6. The molecule has 0 fully saturated rings. The molecule has 0 bridgehead atoms. The fourth-order valence-electron chi connectivity index (χ4n) is 8.81. The Kier molecular flexibility index (Phi) is 52.6. The molecule has 0 aromatic rings. The van der Waals surface area contributed by atoms with E-state index in [4.69, 9.17) is 4.74 Å². The quantitative estimate of drug-likeness (QED) is 0.0321. The Bertz CT molecular complexity index is 997. The second kappa shape index (κ2) is 54.0. The number of allylic oxidation sites excluding steroid dienone is 4. The summed E-state index contributed by atoms with van der Waals surface area (Å²) >= 11 is 0. The van der Waals surface area contributed by atoms with Crippen molar-refractivity contribution in [2.75, 3.05) is 13.2 Å². The van der Waals surface area contributed by atoms with Crippen molar-refractivity contribution in [2.45, 2.75) is 321 Å². The van der Waals surface area contributed by atoms with Crippen LogP contribution >= 0.6 is 0 Å². The first kappa shape index (κ1) is 62.3. The van der Waals surface area contributed by atoms with Gasteiger partial charge in [-0.15, -0.1) is 0 Å². The highest BCUT2D eigenvalue weighted by molar-refractivity contribution is 5.76. The highest BCUT2D eigenvalue weighted by atomic mass is 16.5. The minimum atomic E-state index is -0.686. The van der Waals surface area contributed by atoms with Gasteiger partial charge in [0.2, 0.25) is 5.91 Å². The van der Waals surface area contributed by atoms with Crippen molar-refractivity contribution in [1.29, 1.82) is 0 Å². The van der Waals surface area contributed by atoms with E-state index in [0.717, 1.165) is 77.0 Å². The topological polar surface area (TPSA) is 95.9 Å². The molecule has 64 heavy (non-hydrogen) atoms. The Balaban J connectivity index is 3.50. The average molecular weight is 903 g/mol. The predicted molar refractivity (Wildman–Crippen MR) is 278 cm³/mol. The number of amides is 1. The number of rotatable bonds is 53. The number of carbonyl (C=O) groups is 2. The predicted octanol–water partition coefficient (Wildman–Crippen LogP) is 17.5. The number of hydrogen-bond acceptors (Lipinski definition) is 5. The minimum Gasteiger partial charge on any atom is -0.466 e. The van der Waals surface area contributed by atoms with E-state index < -0.39 is 12.1 Å². The van der Waals surface area contributed by atoms with E-state index in [1.54, 1.807) is 0 Å². The Morgan fingerprint density at radius 3 is 1.11 bits per heavy atom. The van der Waals surface area contributed by atoms with E-state index in [1.165, 1.54) is 199 Å². The molecule has 0 heterocycles. The second-order valence-corrected chi connectivity index (χ2v) is 19.6. The van der Waals surface area contributed by atoms with Gasteiger partial charge >= 0.3 is 5.97 Å². The molecule has 0 spiro atoms. The molecule has 6 nitrogen and oxygen atoms in total. The molecule has 0 radical (unpaired) electrons. The fourth-order valence-corrected chi connectivity index (χ4v) is 8.81. The molecule has 0 aromatic heterocycles. The van der Waals surface area contributed by atoms with E-state index in [9.17, 15) is 19.8 Å². The van der Waals surface area contributed by atoms with Gasteiger partial charge in [-0.2, -0.15) is 0 Å². The summed E-state index contributed by atoms with van der Waals surface area (Å²) in [6.45, 7) is 4.88. The van der Waals surface area contributed by atoms with Gasteiger partial charge in [-0.05, 0) is 77.0 Å². The molecule has 0 aromatic carbocycles. The first-order valence-electron chi connectivity index (χ1n) is 28.6. The lowest BCUT2D eigenvalue weighted by Gasteiger charge is -2.22. The first-order valence-corrected chi connectivity index (χ1v) is 28.6. The summed E-state index contributed by atoms with van der Waals surface area (Å²) in [4.78, 5) is 24.6. The van der Waals surface area contributed by atoms with Crippen LogP contribution in [0, 0.1) is 0 Å². The maximum atomic E-state index is 12.5. The zero-order valence-electron chi connectivity index (χ0n) is 43.0. The molecule has 2 unspecified atom stereocenters. The monoisotopic (exact) mass is 902 g/mol. The highest BCUT2D eigenvalue weighted by Crippen LogP contribution is 2.17. The van der Waals surface area contributed by atoms with Gasteiger partial charge in [-0.25, -0.2) is 0 Å². The van der Waals surface area contributed by atoms with Crippen LogP contribution in [0.5, 0.6) is 0 Å². The van der Waals surface area contributed by atoms with Gasteiger partial charge in [0.15, 0.2) is 0 Å². The number of aliphatic hydroxyl groups is 2. The molecule has 0 aliphatic carbocycles. The lowest BCUT2D eigenvalue weighted by molar-refractivity contribution is -0.143. The molecule has 6 heteroatoms. The van der Waals surface area contributed by atoms with Gasteiger partial charge in [-0.1, -0.05) is 244 Å². The number of nitrogens with one attached hydrogen (secondary N) is 1. The minimum absolute atomic E-state index is 0.0362. The van der Waals surface area contributed by atoms with Crippen LogP contribution in [0.4, 0.5) is 0 Å². The van der Waals surface area contributed by atoms with Crippen molar-refractivity contribution in [1.82, 2.24) is 5.32 Å². The molecule has 0 rings (SSSR count). The van der Waals surface area contributed by atoms with Crippen LogP contribution in [0.3, 0.4) is 0 Å². The molecule has 0 aliphatic rings. The van der Waals surface area contributed by atoms with Crippen LogP contribution < -0.4 is 5.32 Å². The number of hydrogen-bond donors (Lipinski definition) is 3. The summed E-state index contributed by atoms with van der Waals surface area (Å²) in [5.74, 6) is -0.105. The molecule has 0 aliphatic heterocycles. The number of unbranched alkanes of at least 4 members (excludes halogenated alkanes) is 38. The van der Waals surface area contributed by atoms with Crippen LogP contribution in [0.1, 0.15) is 309 Å². The van der Waals surface area contributed by atoms with Crippen LogP contribution in [0.25, 0.3) is 0 Å². The normalized spacial score (nSPS) is 12.8. The van der Waals surface area contributed by atoms with Gasteiger partial charge < -0.3 is 20.3 Å². The van der Waals surface area contributed by atoms with Crippen molar-refractivity contribution in [3.63, 3.8) is 0 Å². The highest BCUT2D eigenvalue weighted by Gasteiger charge is 2.20. The maximum Gasteiger partial charge on any atom is 0.305 e. The van der Waals surface area contributed by atoms with Gasteiger partial charge in [0, 0.05) is 12.8 Å². The molecular weight excluding hydrogens is 791 g/mol. The van der Waals surface area contributed by atoms with Crippen LogP contribution in [-0.2, 0) is 14.3 Å². The molecular formula is C58H111NO5. The van der Waals surface area contributed by atoms with Crippen LogP contribution in [-0.4, -0.2) is 47.4 Å². The van der Waals surface area contributed by atoms with Gasteiger partial charge in [0.05, 0.1) is 25.4 Å². The van der Waals surface area contributed by atoms with Crippen molar-refractivity contribution in [3.05, 3.63) is 24.3 Å². The van der Waals surface area contributed by atoms with E-state index in [1.807, 2.05) is 0 Å². The Labute approximate surface area is 399 Å². The molecule has 1 amide bonds. The van der Waals surface area contributed by atoms with E-state index in [0.29, 0.717) is 25.9 Å². The molecule has 0 saturated carbocycles. The summed E-state index contributed by atoms with van der Waals surface area (Å²) in [6, 6.07) is -0.567. The molecule has 2 atom stereocenters. The van der Waals surface area contributed by atoms with Crippen LogP contribution in [0.2, 0.25) is 0 Å². The van der Waals surface area contributed by atoms with E-state index in [2.05, 4.69) is 43.5 Å². The molecule has 0 saturated heterocycles.